The molecule has 0 aliphatic carbocycles. The van der Waals surface area contributed by atoms with Gasteiger partial charge in [0.1, 0.15) is 29.2 Å². The third-order valence-corrected chi connectivity index (χ3v) is 7.57. The van der Waals surface area contributed by atoms with E-state index in [-0.39, 0.29) is 5.57 Å². The van der Waals surface area contributed by atoms with E-state index in [4.69, 9.17) is 15.3 Å². The Hall–Kier alpha value is -3.24. The summed E-state index contributed by atoms with van der Waals surface area (Å²) in [5, 5.41) is 18.3. The number of hydrogen-bond donors (Lipinski definition) is 0. The molecule has 0 fully saturated rings. The number of benzene rings is 1. The summed E-state index contributed by atoms with van der Waals surface area (Å²) in [6, 6.07) is 12.4. The van der Waals surface area contributed by atoms with Gasteiger partial charge in [-0.15, -0.1) is 0 Å². The third kappa shape index (κ3) is 13.7. The summed E-state index contributed by atoms with van der Waals surface area (Å²) < 4.78 is 5.74. The minimum Gasteiger partial charge on any atom is -0.462 e. The topological polar surface area (TPSA) is 60.0 Å². The number of anilines is 1. The van der Waals surface area contributed by atoms with E-state index in [0.29, 0.717) is 17.1 Å². The first-order valence-electron chi connectivity index (χ1n) is 15.7. The summed E-state index contributed by atoms with van der Waals surface area (Å²) in [6.07, 6.45) is 29.6. The van der Waals surface area contributed by atoms with Gasteiger partial charge < -0.3 is 9.64 Å². The van der Waals surface area contributed by atoms with Crippen molar-refractivity contribution in [1.82, 2.24) is 0 Å². The van der Waals surface area contributed by atoms with Crippen LogP contribution in [-0.4, -0.2) is 13.6 Å². The molecular weight excluding hydrogens is 490 g/mol. The van der Waals surface area contributed by atoms with Gasteiger partial charge >= 0.3 is 0 Å². The van der Waals surface area contributed by atoms with E-state index in [0.717, 1.165) is 12.1 Å². The minimum absolute atomic E-state index is 0.0882. The molecule has 1 aromatic rings. The first kappa shape index (κ1) is 33.0. The van der Waals surface area contributed by atoms with Crippen molar-refractivity contribution in [3.05, 3.63) is 70.7 Å². The molecule has 0 amide bonds. The number of nitriles is 2. The average Bonchev–Trinajstić information content (AvgIpc) is 2.96. The Balaban J connectivity index is 1.57. The second-order valence-electron chi connectivity index (χ2n) is 11.1. The van der Waals surface area contributed by atoms with E-state index >= 15 is 0 Å². The Labute approximate surface area is 244 Å². The minimum atomic E-state index is 0.0882. The zero-order valence-electron chi connectivity index (χ0n) is 25.4. The quantitative estimate of drug-likeness (QED) is 0.122. The molecule has 0 unspecified atom stereocenters. The summed E-state index contributed by atoms with van der Waals surface area (Å²) in [5.74, 6) is 1.27. The van der Waals surface area contributed by atoms with Gasteiger partial charge in [-0.1, -0.05) is 121 Å². The van der Waals surface area contributed by atoms with Crippen LogP contribution >= 0.6 is 0 Å². The first-order valence-corrected chi connectivity index (χ1v) is 15.7. The molecule has 1 aliphatic heterocycles. The monoisotopic (exact) mass is 541 g/mol. The standard InChI is InChI=1S/C36H51N3O/c1-4-5-6-7-8-9-10-11-12-13-14-15-16-17-18-19-26-39(3)35-23-20-32(21-24-35)22-25-36-28-33(27-31(2)40-36)34(29-37)30-38/h20-25,27-28H,4-19,26H2,1-3H3/b25-22+. The van der Waals surface area contributed by atoms with Crippen molar-refractivity contribution in [2.45, 2.75) is 117 Å². The van der Waals surface area contributed by atoms with Gasteiger partial charge in [0.15, 0.2) is 0 Å². The largest absolute Gasteiger partial charge is 0.462 e. The van der Waals surface area contributed by atoms with Crippen LogP contribution in [0, 0.1) is 22.7 Å². The second kappa shape index (κ2) is 20.6. The van der Waals surface area contributed by atoms with E-state index in [1.165, 1.54) is 108 Å². The molecule has 2 rings (SSSR count). The normalized spacial score (nSPS) is 12.9. The smallest absolute Gasteiger partial charge is 0.137 e. The van der Waals surface area contributed by atoms with Crippen LogP contribution < -0.4 is 4.90 Å². The van der Waals surface area contributed by atoms with Crippen LogP contribution in [0.1, 0.15) is 122 Å². The fraction of sp³-hybridized carbons (Fsp3) is 0.556. The lowest BCUT2D eigenvalue weighted by Crippen LogP contribution is -2.18. The van der Waals surface area contributed by atoms with Crippen LogP contribution in [0.25, 0.3) is 6.08 Å². The highest BCUT2D eigenvalue weighted by atomic mass is 16.5. The fourth-order valence-electron chi connectivity index (χ4n) is 5.08. The predicted molar refractivity (Wildman–Crippen MR) is 169 cm³/mol. The van der Waals surface area contributed by atoms with Crippen molar-refractivity contribution in [2.75, 3.05) is 18.5 Å². The molecule has 1 heterocycles. The molecule has 0 atom stereocenters. The SMILES string of the molecule is CCCCCCCCCCCCCCCCCCN(C)c1ccc(/C=C/C2=CC(=C(C#N)C#N)C=C(C)O2)cc1. The van der Waals surface area contributed by atoms with Crippen molar-refractivity contribution < 1.29 is 4.74 Å². The van der Waals surface area contributed by atoms with Crippen LogP contribution in [0.15, 0.2) is 65.2 Å². The Morgan fingerprint density at radius 1 is 0.725 bits per heavy atom. The molecule has 216 valence electrons. The summed E-state index contributed by atoms with van der Waals surface area (Å²) >= 11 is 0. The van der Waals surface area contributed by atoms with Crippen molar-refractivity contribution in [3.8, 4) is 12.1 Å². The maximum absolute atomic E-state index is 9.15. The molecule has 0 saturated carbocycles. The molecule has 1 aromatic carbocycles. The predicted octanol–water partition coefficient (Wildman–Crippen LogP) is 10.6. The molecule has 0 spiro atoms. The average molecular weight is 542 g/mol. The highest BCUT2D eigenvalue weighted by Gasteiger charge is 2.10. The second-order valence-corrected chi connectivity index (χ2v) is 11.1. The highest BCUT2D eigenvalue weighted by Crippen LogP contribution is 2.23. The number of unbranched alkanes of at least 4 members (excludes halogenated alkanes) is 15. The van der Waals surface area contributed by atoms with Gasteiger partial charge in [0, 0.05) is 24.9 Å². The Morgan fingerprint density at radius 2 is 1.23 bits per heavy atom. The lowest BCUT2D eigenvalue weighted by molar-refractivity contribution is 0.318. The maximum atomic E-state index is 9.15. The number of nitrogens with zero attached hydrogens (tertiary/aromatic N) is 3. The zero-order valence-corrected chi connectivity index (χ0v) is 25.4. The van der Waals surface area contributed by atoms with Crippen LogP contribution in [0.5, 0.6) is 0 Å². The first-order chi connectivity index (χ1) is 19.6. The van der Waals surface area contributed by atoms with E-state index in [9.17, 15) is 0 Å². The van der Waals surface area contributed by atoms with Crippen LogP contribution in [-0.2, 0) is 4.74 Å². The van der Waals surface area contributed by atoms with Gasteiger partial charge in [-0.25, -0.2) is 0 Å². The van der Waals surface area contributed by atoms with Crippen molar-refractivity contribution in [2.24, 2.45) is 0 Å². The lowest BCUT2D eigenvalue weighted by Gasteiger charge is -2.19. The molecular formula is C36H51N3O. The Morgan fingerprint density at radius 3 is 1.73 bits per heavy atom. The van der Waals surface area contributed by atoms with Gasteiger partial charge in [-0.05, 0) is 49.3 Å². The molecule has 0 radical (unpaired) electrons. The summed E-state index contributed by atoms with van der Waals surface area (Å²) in [5.41, 5.74) is 2.97. The number of rotatable bonds is 20. The molecule has 0 N–H and O–H groups in total. The van der Waals surface area contributed by atoms with Crippen LogP contribution in [0.2, 0.25) is 0 Å². The maximum Gasteiger partial charge on any atom is 0.137 e. The van der Waals surface area contributed by atoms with E-state index < -0.39 is 0 Å². The molecule has 40 heavy (non-hydrogen) atoms. The molecule has 1 aliphatic rings. The summed E-state index contributed by atoms with van der Waals surface area (Å²) in [4.78, 5) is 2.33. The van der Waals surface area contributed by atoms with Crippen molar-refractivity contribution in [3.63, 3.8) is 0 Å². The number of hydrogen-bond acceptors (Lipinski definition) is 4. The number of allylic oxidation sites excluding steroid dienone is 6. The van der Waals surface area contributed by atoms with E-state index in [1.54, 1.807) is 12.2 Å². The van der Waals surface area contributed by atoms with E-state index in [2.05, 4.69) is 43.1 Å². The fourth-order valence-corrected chi connectivity index (χ4v) is 5.08. The van der Waals surface area contributed by atoms with Crippen LogP contribution in [0.3, 0.4) is 0 Å². The molecule has 0 saturated heterocycles. The van der Waals surface area contributed by atoms with Gasteiger partial charge in [0.05, 0.1) is 0 Å². The zero-order chi connectivity index (χ0) is 28.8. The Kier molecular flexibility index (Phi) is 17.0. The molecule has 4 heteroatoms. The van der Waals surface area contributed by atoms with Crippen molar-refractivity contribution >= 4 is 11.8 Å². The lowest BCUT2D eigenvalue weighted by atomic mass is 10.0. The van der Waals surface area contributed by atoms with Crippen molar-refractivity contribution in [1.29, 1.82) is 10.5 Å². The summed E-state index contributed by atoms with van der Waals surface area (Å²) in [7, 11) is 2.17. The third-order valence-electron chi connectivity index (χ3n) is 7.57. The summed E-state index contributed by atoms with van der Waals surface area (Å²) in [6.45, 7) is 5.18. The van der Waals surface area contributed by atoms with Gasteiger partial charge in [0.25, 0.3) is 0 Å². The highest BCUT2D eigenvalue weighted by molar-refractivity contribution is 5.59. The molecule has 0 aromatic heterocycles. The van der Waals surface area contributed by atoms with E-state index in [1.807, 2.05) is 31.2 Å². The van der Waals surface area contributed by atoms with Crippen LogP contribution in [0.4, 0.5) is 5.69 Å². The van der Waals surface area contributed by atoms with Gasteiger partial charge in [0.2, 0.25) is 0 Å². The molecule has 0 bridgehead atoms. The van der Waals surface area contributed by atoms with Gasteiger partial charge in [-0.2, -0.15) is 10.5 Å². The Bertz CT molecular complexity index is 1050. The molecule has 4 nitrogen and oxygen atoms in total. The number of ether oxygens (including phenoxy) is 1. The van der Waals surface area contributed by atoms with Gasteiger partial charge in [-0.3, -0.25) is 0 Å².